The van der Waals surface area contributed by atoms with E-state index in [1.165, 1.54) is 4.57 Å². The lowest BCUT2D eigenvalue weighted by atomic mass is 9.79. The first kappa shape index (κ1) is 17.9. The van der Waals surface area contributed by atoms with Gasteiger partial charge in [-0.1, -0.05) is 12.1 Å². The standard InChI is InChI=1S/C19H18F5N3O/c20-18(21)9-12(18)8-15-25-26-17-16(19(22,23)24)13(3-5-27(15)17)10-1-2-14-11(7-10)4-6-28-14/h1-2,7,12-13,16H,3-6,8-9H2. The van der Waals surface area contributed by atoms with Crippen LogP contribution in [0.3, 0.4) is 0 Å². The van der Waals surface area contributed by atoms with Gasteiger partial charge in [-0.3, -0.25) is 0 Å². The Hall–Kier alpha value is -2.19. The Morgan fingerprint density at radius 2 is 2.00 bits per heavy atom. The Morgan fingerprint density at radius 3 is 2.71 bits per heavy atom. The highest BCUT2D eigenvalue weighted by molar-refractivity contribution is 5.42. The van der Waals surface area contributed by atoms with E-state index >= 15 is 0 Å². The van der Waals surface area contributed by atoms with Crippen molar-refractivity contribution in [1.82, 2.24) is 14.8 Å². The van der Waals surface area contributed by atoms with Crippen LogP contribution in [0.1, 0.15) is 47.5 Å². The average Bonchev–Trinajstić information content (AvgIpc) is 3.01. The number of rotatable bonds is 3. The largest absolute Gasteiger partial charge is 0.493 e. The smallest absolute Gasteiger partial charge is 0.399 e. The monoisotopic (exact) mass is 399 g/mol. The first-order valence-corrected chi connectivity index (χ1v) is 9.36. The Morgan fingerprint density at radius 1 is 1.21 bits per heavy atom. The molecule has 1 aliphatic carbocycles. The number of ether oxygens (including phenoxy) is 1. The zero-order valence-electron chi connectivity index (χ0n) is 14.8. The molecule has 1 aromatic carbocycles. The van der Waals surface area contributed by atoms with E-state index in [1.54, 1.807) is 18.2 Å². The van der Waals surface area contributed by atoms with Gasteiger partial charge in [0.05, 0.1) is 6.61 Å². The molecule has 1 saturated carbocycles. The molecule has 1 aromatic heterocycles. The fraction of sp³-hybridized carbons (Fsp3) is 0.579. The van der Waals surface area contributed by atoms with Crippen LogP contribution in [0.2, 0.25) is 0 Å². The van der Waals surface area contributed by atoms with Gasteiger partial charge in [0.1, 0.15) is 23.3 Å². The van der Waals surface area contributed by atoms with Crippen LogP contribution in [0.25, 0.3) is 0 Å². The maximum Gasteiger partial charge on any atom is 0.399 e. The highest BCUT2D eigenvalue weighted by Gasteiger charge is 2.57. The minimum atomic E-state index is -4.51. The third kappa shape index (κ3) is 2.86. The molecular formula is C19H18F5N3O. The molecule has 2 aliphatic heterocycles. The van der Waals surface area contributed by atoms with Crippen molar-refractivity contribution >= 4 is 0 Å². The predicted octanol–water partition coefficient (Wildman–Crippen LogP) is 4.24. The Balaban J connectivity index is 1.49. The normalized spacial score (nSPS) is 27.8. The van der Waals surface area contributed by atoms with Crippen LogP contribution in [-0.2, 0) is 19.4 Å². The van der Waals surface area contributed by atoms with Crippen molar-refractivity contribution in [3.05, 3.63) is 41.0 Å². The molecule has 0 amide bonds. The summed E-state index contributed by atoms with van der Waals surface area (Å²) in [7, 11) is 0. The highest BCUT2D eigenvalue weighted by atomic mass is 19.4. The number of benzene rings is 1. The molecule has 3 aliphatic rings. The van der Waals surface area contributed by atoms with Gasteiger partial charge in [-0.05, 0) is 23.6 Å². The minimum Gasteiger partial charge on any atom is -0.493 e. The summed E-state index contributed by atoms with van der Waals surface area (Å²) in [6, 6.07) is 5.21. The molecule has 1 fully saturated rings. The Bertz CT molecular complexity index is 923. The SMILES string of the molecule is FC(F)(F)C1c2nnc(CC3CC3(F)F)n2CCC1c1ccc2c(c1)CCO2. The molecule has 9 heteroatoms. The maximum atomic E-state index is 14.0. The van der Waals surface area contributed by atoms with Gasteiger partial charge in [0.25, 0.3) is 5.92 Å². The second-order valence-electron chi connectivity index (χ2n) is 7.87. The van der Waals surface area contributed by atoms with Gasteiger partial charge in [-0.15, -0.1) is 10.2 Å². The molecular weight excluding hydrogens is 381 g/mol. The number of alkyl halides is 5. The first-order valence-electron chi connectivity index (χ1n) is 9.36. The molecule has 4 nitrogen and oxygen atoms in total. The Labute approximate surface area is 157 Å². The van der Waals surface area contributed by atoms with E-state index in [0.29, 0.717) is 25.1 Å². The quantitative estimate of drug-likeness (QED) is 0.725. The van der Waals surface area contributed by atoms with E-state index in [4.69, 9.17) is 4.74 Å². The van der Waals surface area contributed by atoms with Gasteiger partial charge < -0.3 is 9.30 Å². The third-order valence-corrected chi connectivity index (χ3v) is 6.08. The average molecular weight is 399 g/mol. The predicted molar refractivity (Wildman–Crippen MR) is 88.6 cm³/mol. The molecule has 0 radical (unpaired) electrons. The van der Waals surface area contributed by atoms with Crippen LogP contribution in [0.5, 0.6) is 5.75 Å². The molecule has 0 spiro atoms. The van der Waals surface area contributed by atoms with Crippen LogP contribution in [0.4, 0.5) is 22.0 Å². The fourth-order valence-electron chi connectivity index (χ4n) is 4.47. The van der Waals surface area contributed by atoms with Gasteiger partial charge in [0.2, 0.25) is 0 Å². The molecule has 28 heavy (non-hydrogen) atoms. The lowest BCUT2D eigenvalue weighted by molar-refractivity contribution is -0.161. The van der Waals surface area contributed by atoms with Crippen molar-refractivity contribution in [3.63, 3.8) is 0 Å². The lowest BCUT2D eigenvalue weighted by Gasteiger charge is -2.33. The third-order valence-electron chi connectivity index (χ3n) is 6.08. The summed E-state index contributed by atoms with van der Waals surface area (Å²) in [4.78, 5) is 0. The summed E-state index contributed by atoms with van der Waals surface area (Å²) in [6.45, 7) is 0.830. The van der Waals surface area contributed by atoms with E-state index in [-0.39, 0.29) is 30.9 Å². The van der Waals surface area contributed by atoms with Crippen LogP contribution in [0, 0.1) is 5.92 Å². The number of hydrogen-bond acceptors (Lipinski definition) is 3. The minimum absolute atomic E-state index is 0.0363. The van der Waals surface area contributed by atoms with Crippen molar-refractivity contribution in [2.75, 3.05) is 6.61 Å². The molecule has 3 heterocycles. The van der Waals surface area contributed by atoms with Crippen LogP contribution >= 0.6 is 0 Å². The van der Waals surface area contributed by atoms with Crippen molar-refractivity contribution in [2.45, 2.75) is 56.2 Å². The van der Waals surface area contributed by atoms with Crippen LogP contribution in [-0.4, -0.2) is 33.5 Å². The number of halogens is 5. The molecule has 0 bridgehead atoms. The molecule has 3 unspecified atom stereocenters. The highest BCUT2D eigenvalue weighted by Crippen LogP contribution is 2.52. The first-order chi connectivity index (χ1) is 13.2. The zero-order valence-corrected chi connectivity index (χ0v) is 14.8. The fourth-order valence-corrected chi connectivity index (χ4v) is 4.47. The zero-order chi connectivity index (χ0) is 19.7. The number of nitrogens with zero attached hydrogens (tertiary/aromatic N) is 3. The van der Waals surface area contributed by atoms with Crippen molar-refractivity contribution in [3.8, 4) is 5.75 Å². The number of fused-ring (bicyclic) bond motifs is 2. The second-order valence-corrected chi connectivity index (χ2v) is 7.87. The van der Waals surface area contributed by atoms with Crippen LogP contribution in [0.15, 0.2) is 18.2 Å². The molecule has 3 atom stereocenters. The molecule has 0 N–H and O–H groups in total. The van der Waals surface area contributed by atoms with E-state index in [9.17, 15) is 22.0 Å². The van der Waals surface area contributed by atoms with Crippen molar-refractivity contribution < 1.29 is 26.7 Å². The second kappa shape index (κ2) is 5.90. The van der Waals surface area contributed by atoms with E-state index < -0.39 is 29.9 Å². The number of hydrogen-bond donors (Lipinski definition) is 0. The van der Waals surface area contributed by atoms with Crippen molar-refractivity contribution in [1.29, 1.82) is 0 Å². The summed E-state index contributed by atoms with van der Waals surface area (Å²) >= 11 is 0. The van der Waals surface area contributed by atoms with E-state index in [0.717, 1.165) is 11.3 Å². The molecule has 5 rings (SSSR count). The van der Waals surface area contributed by atoms with Gasteiger partial charge >= 0.3 is 6.18 Å². The topological polar surface area (TPSA) is 39.9 Å². The van der Waals surface area contributed by atoms with Gasteiger partial charge in [0, 0.05) is 37.6 Å². The van der Waals surface area contributed by atoms with Gasteiger partial charge in [-0.25, -0.2) is 8.78 Å². The summed E-state index contributed by atoms with van der Waals surface area (Å²) in [6.07, 6.45) is -3.85. The number of aromatic nitrogens is 3. The maximum absolute atomic E-state index is 14.0. The van der Waals surface area contributed by atoms with Crippen LogP contribution < -0.4 is 4.74 Å². The lowest BCUT2D eigenvalue weighted by Crippen LogP contribution is -2.34. The summed E-state index contributed by atoms with van der Waals surface area (Å²) < 4.78 is 75.3. The summed E-state index contributed by atoms with van der Waals surface area (Å²) in [5.41, 5.74) is 1.53. The van der Waals surface area contributed by atoms with Crippen molar-refractivity contribution in [2.24, 2.45) is 5.92 Å². The van der Waals surface area contributed by atoms with E-state index in [2.05, 4.69) is 10.2 Å². The van der Waals surface area contributed by atoms with Gasteiger partial charge in [0.15, 0.2) is 0 Å². The molecule has 0 saturated heterocycles. The summed E-state index contributed by atoms with van der Waals surface area (Å²) in [5, 5.41) is 7.66. The van der Waals surface area contributed by atoms with Gasteiger partial charge in [-0.2, -0.15) is 13.2 Å². The Kier molecular flexibility index (Phi) is 3.77. The summed E-state index contributed by atoms with van der Waals surface area (Å²) in [5.74, 6) is -5.38. The molecule has 2 aromatic rings. The van der Waals surface area contributed by atoms with E-state index in [1.807, 2.05) is 0 Å². The molecule has 150 valence electrons.